The number of sulfonamides is 1. The van der Waals surface area contributed by atoms with E-state index < -0.39 is 10.0 Å². The zero-order valence-electron chi connectivity index (χ0n) is 12.7. The minimum absolute atomic E-state index is 0.0786. The van der Waals surface area contributed by atoms with E-state index in [0.717, 1.165) is 31.2 Å². The molecule has 0 heterocycles. The molecule has 1 fully saturated rings. The SMILES string of the molecule is CCN(C1CCCCC1)S(=O)(=O)c1ccc(CCO)cc1. The van der Waals surface area contributed by atoms with Crippen molar-refractivity contribution in [3.63, 3.8) is 0 Å². The molecule has 1 N–H and O–H groups in total. The van der Waals surface area contributed by atoms with Gasteiger partial charge in [-0.1, -0.05) is 38.3 Å². The van der Waals surface area contributed by atoms with Gasteiger partial charge in [-0.25, -0.2) is 8.42 Å². The molecule has 0 radical (unpaired) electrons. The first-order valence-corrected chi connectivity index (χ1v) is 9.25. The van der Waals surface area contributed by atoms with E-state index in [1.807, 2.05) is 6.92 Å². The quantitative estimate of drug-likeness (QED) is 0.878. The van der Waals surface area contributed by atoms with Crippen molar-refractivity contribution >= 4 is 10.0 Å². The molecule has 0 unspecified atom stereocenters. The molecular formula is C16H25NO3S. The maximum absolute atomic E-state index is 12.8. The van der Waals surface area contributed by atoms with Crippen LogP contribution in [0.25, 0.3) is 0 Å². The van der Waals surface area contributed by atoms with Gasteiger partial charge in [-0.15, -0.1) is 0 Å². The maximum Gasteiger partial charge on any atom is 0.243 e. The summed E-state index contributed by atoms with van der Waals surface area (Å²) >= 11 is 0. The Morgan fingerprint density at radius 1 is 1.14 bits per heavy atom. The topological polar surface area (TPSA) is 57.6 Å². The molecule has 1 aliphatic carbocycles. The zero-order valence-corrected chi connectivity index (χ0v) is 13.5. The molecule has 118 valence electrons. The predicted octanol–water partition coefficient (Wildman–Crippen LogP) is 2.56. The van der Waals surface area contributed by atoms with Crippen LogP contribution in [0.4, 0.5) is 0 Å². The van der Waals surface area contributed by atoms with E-state index in [1.54, 1.807) is 28.6 Å². The molecule has 2 rings (SSSR count). The van der Waals surface area contributed by atoms with E-state index in [9.17, 15) is 8.42 Å². The summed E-state index contributed by atoms with van der Waals surface area (Å²) in [6.07, 6.45) is 5.94. The highest BCUT2D eigenvalue weighted by Gasteiger charge is 2.30. The van der Waals surface area contributed by atoms with Gasteiger partial charge in [-0.05, 0) is 37.0 Å². The summed E-state index contributed by atoms with van der Waals surface area (Å²) in [5.74, 6) is 0. The second-order valence-corrected chi connectivity index (χ2v) is 7.51. The molecule has 1 aromatic rings. The maximum atomic E-state index is 12.8. The highest BCUT2D eigenvalue weighted by atomic mass is 32.2. The lowest BCUT2D eigenvalue weighted by Gasteiger charge is -2.32. The van der Waals surface area contributed by atoms with Crippen LogP contribution in [-0.2, 0) is 16.4 Å². The fraction of sp³-hybridized carbons (Fsp3) is 0.625. The first-order valence-electron chi connectivity index (χ1n) is 7.81. The van der Waals surface area contributed by atoms with Crippen LogP contribution in [-0.4, -0.2) is 37.0 Å². The highest BCUT2D eigenvalue weighted by Crippen LogP contribution is 2.27. The Labute approximate surface area is 127 Å². The molecule has 1 aliphatic rings. The van der Waals surface area contributed by atoms with Crippen molar-refractivity contribution in [1.29, 1.82) is 0 Å². The Hall–Kier alpha value is -0.910. The summed E-state index contributed by atoms with van der Waals surface area (Å²) < 4.78 is 27.3. The molecule has 1 saturated carbocycles. The number of hydrogen-bond donors (Lipinski definition) is 1. The fourth-order valence-electron chi connectivity index (χ4n) is 3.09. The second-order valence-electron chi connectivity index (χ2n) is 5.62. The third-order valence-corrected chi connectivity index (χ3v) is 6.27. The van der Waals surface area contributed by atoms with Crippen LogP contribution >= 0.6 is 0 Å². The van der Waals surface area contributed by atoms with Crippen LogP contribution in [0.3, 0.4) is 0 Å². The smallest absolute Gasteiger partial charge is 0.243 e. The van der Waals surface area contributed by atoms with Gasteiger partial charge in [-0.2, -0.15) is 4.31 Å². The van der Waals surface area contributed by atoms with Gasteiger partial charge in [0.1, 0.15) is 0 Å². The number of nitrogens with zero attached hydrogens (tertiary/aromatic N) is 1. The van der Waals surface area contributed by atoms with Crippen molar-refractivity contribution in [2.24, 2.45) is 0 Å². The molecule has 4 nitrogen and oxygen atoms in total. The van der Waals surface area contributed by atoms with E-state index in [2.05, 4.69) is 0 Å². The molecule has 0 amide bonds. The average molecular weight is 311 g/mol. The lowest BCUT2D eigenvalue weighted by atomic mass is 9.95. The Bertz CT molecular complexity index is 533. The van der Waals surface area contributed by atoms with Crippen molar-refractivity contribution in [2.75, 3.05) is 13.2 Å². The van der Waals surface area contributed by atoms with E-state index in [0.29, 0.717) is 17.9 Å². The molecular weight excluding hydrogens is 286 g/mol. The Morgan fingerprint density at radius 2 is 1.76 bits per heavy atom. The van der Waals surface area contributed by atoms with Gasteiger partial charge >= 0.3 is 0 Å². The molecule has 0 aromatic heterocycles. The molecule has 0 spiro atoms. The first kappa shape index (κ1) is 16.5. The third kappa shape index (κ3) is 3.84. The standard InChI is InChI=1S/C16H25NO3S/c1-2-17(15-6-4-3-5-7-15)21(19,20)16-10-8-14(9-11-16)12-13-18/h8-11,15,18H,2-7,12-13H2,1H3. The van der Waals surface area contributed by atoms with E-state index in [1.165, 1.54) is 6.42 Å². The number of aliphatic hydroxyl groups excluding tert-OH is 1. The number of hydrogen-bond acceptors (Lipinski definition) is 3. The highest BCUT2D eigenvalue weighted by molar-refractivity contribution is 7.89. The molecule has 0 aliphatic heterocycles. The number of rotatable bonds is 6. The molecule has 1 aromatic carbocycles. The summed E-state index contributed by atoms with van der Waals surface area (Å²) in [4.78, 5) is 0.358. The predicted molar refractivity (Wildman–Crippen MR) is 83.7 cm³/mol. The van der Waals surface area contributed by atoms with Crippen molar-refractivity contribution in [3.8, 4) is 0 Å². The van der Waals surface area contributed by atoms with Crippen molar-refractivity contribution in [2.45, 2.75) is 56.4 Å². The lowest BCUT2D eigenvalue weighted by molar-refractivity contribution is 0.261. The molecule has 0 atom stereocenters. The fourth-order valence-corrected chi connectivity index (χ4v) is 4.78. The van der Waals surface area contributed by atoms with Gasteiger partial charge in [0, 0.05) is 19.2 Å². The first-order chi connectivity index (χ1) is 10.1. The van der Waals surface area contributed by atoms with Gasteiger partial charge in [0.05, 0.1) is 4.90 Å². The summed E-state index contributed by atoms with van der Waals surface area (Å²) in [6.45, 7) is 2.51. The number of benzene rings is 1. The minimum Gasteiger partial charge on any atom is -0.396 e. The normalized spacial score (nSPS) is 17.3. The molecule has 21 heavy (non-hydrogen) atoms. The molecule has 0 bridgehead atoms. The molecule has 0 saturated heterocycles. The average Bonchev–Trinajstić information content (AvgIpc) is 2.50. The summed E-state index contributed by atoms with van der Waals surface area (Å²) in [5.41, 5.74) is 0.956. The minimum atomic E-state index is -3.41. The van der Waals surface area contributed by atoms with E-state index >= 15 is 0 Å². The van der Waals surface area contributed by atoms with Crippen LogP contribution in [0.2, 0.25) is 0 Å². The van der Waals surface area contributed by atoms with Crippen molar-refractivity contribution < 1.29 is 13.5 Å². The second kappa shape index (κ2) is 7.38. The van der Waals surface area contributed by atoms with Gasteiger partial charge in [0.15, 0.2) is 0 Å². The van der Waals surface area contributed by atoms with Crippen LogP contribution in [0.1, 0.15) is 44.6 Å². The van der Waals surface area contributed by atoms with Crippen LogP contribution < -0.4 is 0 Å². The van der Waals surface area contributed by atoms with E-state index in [4.69, 9.17) is 5.11 Å². The van der Waals surface area contributed by atoms with Crippen LogP contribution in [0, 0.1) is 0 Å². The van der Waals surface area contributed by atoms with E-state index in [-0.39, 0.29) is 12.6 Å². The third-order valence-electron chi connectivity index (χ3n) is 4.22. The van der Waals surface area contributed by atoms with Crippen LogP contribution in [0.5, 0.6) is 0 Å². The molecule has 5 heteroatoms. The Morgan fingerprint density at radius 3 is 2.29 bits per heavy atom. The van der Waals surface area contributed by atoms with Gasteiger partial charge in [0.25, 0.3) is 0 Å². The van der Waals surface area contributed by atoms with Gasteiger partial charge in [-0.3, -0.25) is 0 Å². The summed E-state index contributed by atoms with van der Waals surface area (Å²) in [6, 6.07) is 7.04. The van der Waals surface area contributed by atoms with Gasteiger partial charge in [0.2, 0.25) is 10.0 Å². The summed E-state index contributed by atoms with van der Waals surface area (Å²) in [5, 5.41) is 8.92. The zero-order chi connectivity index (χ0) is 15.3. The Balaban J connectivity index is 2.21. The Kier molecular flexibility index (Phi) is 5.79. The largest absolute Gasteiger partial charge is 0.396 e. The summed E-state index contributed by atoms with van der Waals surface area (Å²) in [7, 11) is -3.41. The van der Waals surface area contributed by atoms with Crippen LogP contribution in [0.15, 0.2) is 29.2 Å². The lowest BCUT2D eigenvalue weighted by Crippen LogP contribution is -2.41. The van der Waals surface area contributed by atoms with Crippen molar-refractivity contribution in [1.82, 2.24) is 4.31 Å². The van der Waals surface area contributed by atoms with Gasteiger partial charge < -0.3 is 5.11 Å². The number of aliphatic hydroxyl groups is 1. The monoisotopic (exact) mass is 311 g/mol. The van der Waals surface area contributed by atoms with Crippen molar-refractivity contribution in [3.05, 3.63) is 29.8 Å².